The molecule has 1 saturated heterocycles. The molecule has 4 nitrogen and oxygen atoms in total. The zero-order chi connectivity index (χ0) is 20.6. The van der Waals surface area contributed by atoms with Crippen LogP contribution in [0.25, 0.3) is 0 Å². The molecule has 4 aliphatic carbocycles. The number of hydrogen-bond acceptors (Lipinski definition) is 3. The van der Waals surface area contributed by atoms with Gasteiger partial charge in [0.05, 0.1) is 0 Å². The van der Waals surface area contributed by atoms with E-state index < -0.39 is 0 Å². The van der Waals surface area contributed by atoms with E-state index in [2.05, 4.69) is 31.9 Å². The summed E-state index contributed by atoms with van der Waals surface area (Å²) in [6, 6.07) is 1.03. The molecule has 1 amide bonds. The van der Waals surface area contributed by atoms with Gasteiger partial charge in [0.1, 0.15) is 6.61 Å². The molecule has 0 aromatic carbocycles. The number of amides is 1. The largest absolute Gasteiger partial charge is 0.387 e. The zero-order valence-corrected chi connectivity index (χ0v) is 18.9. The van der Waals surface area contributed by atoms with Crippen molar-refractivity contribution in [3.8, 4) is 0 Å². The smallest absolute Gasteiger partial charge is 0.248 e. The Kier molecular flexibility index (Phi) is 4.71. The molecule has 1 N–H and O–H groups in total. The van der Waals surface area contributed by atoms with Gasteiger partial charge >= 0.3 is 0 Å². The van der Waals surface area contributed by atoms with Crippen molar-refractivity contribution in [1.82, 2.24) is 9.80 Å². The molecule has 1 aliphatic heterocycles. The average Bonchev–Trinajstić information content (AvgIpc) is 3.20. The minimum absolute atomic E-state index is 0.135. The van der Waals surface area contributed by atoms with Gasteiger partial charge in [-0.2, -0.15) is 0 Å². The molecule has 0 radical (unpaired) electrons. The van der Waals surface area contributed by atoms with Crippen LogP contribution in [0.5, 0.6) is 0 Å². The van der Waals surface area contributed by atoms with Crippen molar-refractivity contribution in [2.24, 2.45) is 34.5 Å². The topological polar surface area (TPSA) is 43.8 Å². The van der Waals surface area contributed by atoms with Crippen LogP contribution in [-0.4, -0.2) is 60.1 Å². The standard InChI is InChI=1S/C25H40N2O2/c1-16-20-7-8-22-19-6-5-17-13-18(27(4)23(29)14-28)9-11-24(17,2)21(19)10-12-25(20,22)15-26(16)3/h5,16,18-22,28H,6-15H2,1-4H3/t16-,18-,19+,20+,21?,22?,24-,25-/m0/s1. The molecule has 4 heteroatoms. The average molecular weight is 401 g/mol. The lowest BCUT2D eigenvalue weighted by molar-refractivity contribution is -0.136. The number of rotatable bonds is 2. The van der Waals surface area contributed by atoms with Gasteiger partial charge in [0, 0.05) is 25.7 Å². The summed E-state index contributed by atoms with van der Waals surface area (Å²) in [6.07, 6.45) is 12.9. The van der Waals surface area contributed by atoms with E-state index in [0.29, 0.717) is 10.8 Å². The van der Waals surface area contributed by atoms with Gasteiger partial charge in [0.15, 0.2) is 0 Å². The number of carbonyl (C=O) groups is 1. The van der Waals surface area contributed by atoms with Crippen molar-refractivity contribution in [2.45, 2.75) is 77.3 Å². The van der Waals surface area contributed by atoms with Gasteiger partial charge in [-0.05, 0) is 99.8 Å². The molecule has 3 saturated carbocycles. The summed E-state index contributed by atoms with van der Waals surface area (Å²) in [7, 11) is 4.23. The van der Waals surface area contributed by atoms with E-state index in [1.54, 1.807) is 10.5 Å². The second-order valence-corrected chi connectivity index (χ2v) is 11.4. The van der Waals surface area contributed by atoms with Crippen molar-refractivity contribution in [3.05, 3.63) is 11.6 Å². The predicted octanol–water partition coefficient (Wildman–Crippen LogP) is 3.70. The maximum atomic E-state index is 12.0. The summed E-state index contributed by atoms with van der Waals surface area (Å²) in [5.41, 5.74) is 2.55. The summed E-state index contributed by atoms with van der Waals surface area (Å²) in [5, 5.41) is 9.26. The molecule has 0 bridgehead atoms. The molecule has 8 atom stereocenters. The third-order valence-electron chi connectivity index (χ3n) is 10.8. The molecule has 162 valence electrons. The van der Waals surface area contributed by atoms with Gasteiger partial charge in [-0.3, -0.25) is 4.79 Å². The van der Waals surface area contributed by atoms with Gasteiger partial charge in [-0.25, -0.2) is 0 Å². The molecular formula is C25H40N2O2. The van der Waals surface area contributed by atoms with Gasteiger partial charge in [-0.1, -0.05) is 18.6 Å². The number of allylic oxidation sites excluding steroid dienone is 1. The summed E-state index contributed by atoms with van der Waals surface area (Å²) in [6.45, 7) is 5.98. The van der Waals surface area contributed by atoms with Gasteiger partial charge < -0.3 is 14.9 Å². The van der Waals surface area contributed by atoms with Crippen LogP contribution < -0.4 is 0 Å². The van der Waals surface area contributed by atoms with Crippen molar-refractivity contribution in [1.29, 1.82) is 0 Å². The second-order valence-electron chi connectivity index (χ2n) is 11.4. The highest BCUT2D eigenvalue weighted by molar-refractivity contribution is 5.77. The summed E-state index contributed by atoms with van der Waals surface area (Å²) in [4.78, 5) is 16.5. The summed E-state index contributed by atoms with van der Waals surface area (Å²) < 4.78 is 0. The Morgan fingerprint density at radius 1 is 1.21 bits per heavy atom. The van der Waals surface area contributed by atoms with Crippen LogP contribution in [0.1, 0.15) is 65.2 Å². The first-order chi connectivity index (χ1) is 13.8. The van der Waals surface area contributed by atoms with E-state index in [9.17, 15) is 9.90 Å². The molecule has 1 spiro atoms. The Morgan fingerprint density at radius 3 is 2.72 bits per heavy atom. The van der Waals surface area contributed by atoms with Crippen LogP contribution in [0.3, 0.4) is 0 Å². The predicted molar refractivity (Wildman–Crippen MR) is 115 cm³/mol. The Bertz CT molecular complexity index is 720. The fourth-order valence-corrected chi connectivity index (χ4v) is 9.09. The van der Waals surface area contributed by atoms with E-state index in [0.717, 1.165) is 42.6 Å². The monoisotopic (exact) mass is 400 g/mol. The van der Waals surface area contributed by atoms with Crippen molar-refractivity contribution >= 4 is 5.91 Å². The lowest BCUT2D eigenvalue weighted by atomic mass is 9.47. The number of likely N-dealkylation sites (N-methyl/N-ethyl adjacent to an activating group) is 1. The Balaban J connectivity index is 1.40. The van der Waals surface area contributed by atoms with E-state index in [4.69, 9.17) is 0 Å². The van der Waals surface area contributed by atoms with Crippen LogP contribution in [0.4, 0.5) is 0 Å². The molecular weight excluding hydrogens is 360 g/mol. The number of nitrogens with zero attached hydrogens (tertiary/aromatic N) is 2. The third kappa shape index (κ3) is 2.67. The van der Waals surface area contributed by atoms with Gasteiger partial charge in [0.25, 0.3) is 0 Å². The highest BCUT2D eigenvalue weighted by atomic mass is 16.3. The molecule has 5 aliphatic rings. The zero-order valence-electron chi connectivity index (χ0n) is 18.9. The second kappa shape index (κ2) is 6.82. The number of fused-ring (bicyclic) bond motifs is 4. The Hall–Kier alpha value is -0.870. The normalized spacial score (nSPS) is 48.9. The van der Waals surface area contributed by atoms with E-state index in [-0.39, 0.29) is 18.6 Å². The van der Waals surface area contributed by atoms with Crippen LogP contribution in [0.2, 0.25) is 0 Å². The van der Waals surface area contributed by atoms with Gasteiger partial charge in [-0.15, -0.1) is 0 Å². The number of hydrogen-bond donors (Lipinski definition) is 1. The highest BCUT2D eigenvalue weighted by Gasteiger charge is 2.64. The molecule has 4 fully saturated rings. The molecule has 5 rings (SSSR count). The van der Waals surface area contributed by atoms with Crippen molar-refractivity contribution < 1.29 is 9.90 Å². The Labute approximate surface area is 176 Å². The molecule has 0 aromatic rings. The number of aliphatic hydroxyl groups excluding tert-OH is 1. The maximum Gasteiger partial charge on any atom is 0.248 e. The van der Waals surface area contributed by atoms with Crippen LogP contribution >= 0.6 is 0 Å². The van der Waals surface area contributed by atoms with E-state index in [1.165, 1.54) is 45.1 Å². The number of likely N-dealkylation sites (tertiary alicyclic amines) is 1. The summed E-state index contributed by atoms with van der Waals surface area (Å²) in [5.74, 6) is 3.41. The quantitative estimate of drug-likeness (QED) is 0.719. The fraction of sp³-hybridized carbons (Fsp3) is 0.880. The molecule has 29 heavy (non-hydrogen) atoms. The van der Waals surface area contributed by atoms with Gasteiger partial charge in [0.2, 0.25) is 5.91 Å². The number of aliphatic hydroxyl groups is 1. The van der Waals surface area contributed by atoms with Crippen LogP contribution in [-0.2, 0) is 4.79 Å². The first-order valence-electron chi connectivity index (χ1n) is 12.1. The lowest BCUT2D eigenvalue weighted by Gasteiger charge is -2.58. The first kappa shape index (κ1) is 20.1. The SMILES string of the molecule is C[C@H]1[C@H]2CCC3[C@@H]4CC=C5C[C@@H](N(C)C(=O)CO)CC[C@]5(C)C4CC[C@@]32CN1C. The van der Waals surface area contributed by atoms with Crippen molar-refractivity contribution in [3.63, 3.8) is 0 Å². The van der Waals surface area contributed by atoms with Crippen LogP contribution in [0, 0.1) is 34.5 Å². The van der Waals surface area contributed by atoms with E-state index in [1.807, 2.05) is 7.05 Å². The maximum absolute atomic E-state index is 12.0. The number of carbonyl (C=O) groups excluding carboxylic acids is 1. The van der Waals surface area contributed by atoms with E-state index >= 15 is 0 Å². The van der Waals surface area contributed by atoms with Crippen molar-refractivity contribution in [2.75, 3.05) is 27.2 Å². The molecule has 2 unspecified atom stereocenters. The first-order valence-corrected chi connectivity index (χ1v) is 12.1. The fourth-order valence-electron chi connectivity index (χ4n) is 9.09. The minimum Gasteiger partial charge on any atom is -0.387 e. The van der Waals surface area contributed by atoms with Crippen LogP contribution in [0.15, 0.2) is 11.6 Å². The highest BCUT2D eigenvalue weighted by Crippen LogP contribution is 2.68. The molecule has 0 aromatic heterocycles. The summed E-state index contributed by atoms with van der Waals surface area (Å²) >= 11 is 0. The Morgan fingerprint density at radius 2 is 1.97 bits per heavy atom. The minimum atomic E-state index is -0.369. The lowest BCUT2D eigenvalue weighted by Crippen LogP contribution is -2.53. The molecule has 1 heterocycles. The third-order valence-corrected chi connectivity index (χ3v) is 10.8.